The van der Waals surface area contributed by atoms with E-state index in [-0.39, 0.29) is 11.6 Å². The predicted octanol–water partition coefficient (Wildman–Crippen LogP) is 1.22. The van der Waals surface area contributed by atoms with Gasteiger partial charge in [0.1, 0.15) is 5.82 Å². The van der Waals surface area contributed by atoms with Crippen LogP contribution in [0.5, 0.6) is 0 Å². The van der Waals surface area contributed by atoms with Gasteiger partial charge in [0.15, 0.2) is 18.2 Å². The van der Waals surface area contributed by atoms with Crippen molar-refractivity contribution in [1.82, 2.24) is 9.97 Å². The van der Waals surface area contributed by atoms with Crippen LogP contribution in [0.25, 0.3) is 11.0 Å². The summed E-state index contributed by atoms with van der Waals surface area (Å²) in [6.07, 6.45) is -9.13. The topological polar surface area (TPSA) is 191 Å². The molecule has 0 saturated carbocycles. The van der Waals surface area contributed by atoms with Crippen molar-refractivity contribution in [3.05, 3.63) is 48.3 Å². The van der Waals surface area contributed by atoms with Gasteiger partial charge in [-0.3, -0.25) is 9.59 Å². The number of aliphatic hydroxyl groups excluding tert-OH is 2. The van der Waals surface area contributed by atoms with Crippen LogP contribution < -0.4 is 16.4 Å². The average Bonchev–Trinajstić information content (AvgIpc) is 3.13. The number of aromatic nitrogens is 2. The highest BCUT2D eigenvalue weighted by atomic mass is 19.4. The van der Waals surface area contributed by atoms with E-state index >= 15 is 0 Å². The van der Waals surface area contributed by atoms with E-state index in [0.29, 0.717) is 16.7 Å². The molecule has 0 fully saturated rings. The zero-order chi connectivity index (χ0) is 25.6. The first-order valence-electron chi connectivity index (χ1n) is 9.06. The van der Waals surface area contributed by atoms with E-state index in [0.717, 1.165) is 12.1 Å². The van der Waals surface area contributed by atoms with Crippen LogP contribution in [-0.4, -0.2) is 61.5 Å². The van der Waals surface area contributed by atoms with Gasteiger partial charge in [-0.25, -0.2) is 14.2 Å². The molecule has 0 radical (unpaired) electrons. The number of fused-ring (bicyclic) bond motifs is 1. The molecule has 2 amide bonds. The monoisotopic (exact) mass is 487 g/mol. The fourth-order valence-corrected chi connectivity index (χ4v) is 2.36. The number of anilines is 3. The van der Waals surface area contributed by atoms with Gasteiger partial charge in [-0.05, 0) is 42.5 Å². The van der Waals surface area contributed by atoms with Gasteiger partial charge in [0, 0.05) is 11.4 Å². The van der Waals surface area contributed by atoms with Crippen molar-refractivity contribution < 1.29 is 47.3 Å². The van der Waals surface area contributed by atoms with Crippen LogP contribution in [0.15, 0.2) is 42.5 Å². The Morgan fingerprint density at radius 1 is 0.941 bits per heavy atom. The first-order chi connectivity index (χ1) is 15.8. The van der Waals surface area contributed by atoms with Crippen molar-refractivity contribution in [1.29, 1.82) is 0 Å². The first-order valence-corrected chi connectivity index (χ1v) is 9.06. The molecule has 1 heterocycles. The van der Waals surface area contributed by atoms with Crippen LogP contribution in [0.4, 0.5) is 34.9 Å². The fourth-order valence-electron chi connectivity index (χ4n) is 2.36. The number of aliphatic hydroxyl groups is 2. The minimum absolute atomic E-state index is 0.204. The molecule has 0 aliphatic carbocycles. The summed E-state index contributed by atoms with van der Waals surface area (Å²) in [5, 5.41) is 31.6. The SMILES string of the molecule is Nc1nc2ccc(NC(=O)[C@@H](O)[C@H](O)C(=O)Nc3ccc(F)cc3)cc2[nH]1.O=C(O)C(F)(F)F. The molecule has 0 spiro atoms. The average molecular weight is 487 g/mol. The van der Waals surface area contributed by atoms with Gasteiger partial charge in [0.05, 0.1) is 11.0 Å². The number of carboxylic acid groups (broad SMARTS) is 1. The number of carbonyl (C=O) groups excluding carboxylic acids is 2. The number of aliphatic carboxylic acids is 1. The molecule has 0 unspecified atom stereocenters. The maximum Gasteiger partial charge on any atom is 0.490 e. The molecule has 0 saturated heterocycles. The number of nitrogens with two attached hydrogens (primary N) is 1. The van der Waals surface area contributed by atoms with E-state index in [4.69, 9.17) is 15.6 Å². The molecule has 2 atom stereocenters. The van der Waals surface area contributed by atoms with Crippen LogP contribution in [0.3, 0.4) is 0 Å². The molecule has 15 heteroatoms. The lowest BCUT2D eigenvalue weighted by Gasteiger charge is -2.17. The minimum Gasteiger partial charge on any atom is -0.475 e. The van der Waals surface area contributed by atoms with Gasteiger partial charge in [-0.1, -0.05) is 0 Å². The standard InChI is InChI=1S/C17H16FN5O4.C2HF3O2/c18-8-1-3-9(4-2-8)20-15(26)13(24)14(25)16(27)21-10-5-6-11-12(7-10)23-17(19)22-11;3-2(4,5)1(6)7/h1-7,13-14,24-25H,(H,20,26)(H,21,27)(H3,19,22,23);(H,6,7)/t13-,14-;/m0./s1. The number of nitrogens with zero attached hydrogens (tertiary/aromatic N) is 1. The zero-order valence-corrected chi connectivity index (χ0v) is 16.8. The van der Waals surface area contributed by atoms with Gasteiger partial charge < -0.3 is 36.7 Å². The molecule has 2 aromatic carbocycles. The number of hydrogen-bond acceptors (Lipinski definition) is 7. The molecule has 8 N–H and O–H groups in total. The Kier molecular flexibility index (Phi) is 8.10. The van der Waals surface area contributed by atoms with E-state index in [1.54, 1.807) is 6.07 Å². The number of amides is 2. The van der Waals surface area contributed by atoms with E-state index < -0.39 is 42.0 Å². The number of hydrogen-bond donors (Lipinski definition) is 7. The molecule has 0 aliphatic heterocycles. The number of benzene rings is 2. The number of imidazole rings is 1. The molecule has 3 aromatic rings. The zero-order valence-electron chi connectivity index (χ0n) is 16.8. The second kappa shape index (κ2) is 10.6. The van der Waals surface area contributed by atoms with Crippen molar-refractivity contribution >= 4 is 46.1 Å². The Labute approximate surface area is 187 Å². The van der Waals surface area contributed by atoms with Crippen LogP contribution in [0, 0.1) is 5.82 Å². The summed E-state index contributed by atoms with van der Waals surface area (Å²) < 4.78 is 44.6. The van der Waals surface area contributed by atoms with Crippen LogP contribution in [0.1, 0.15) is 0 Å². The Balaban J connectivity index is 0.000000509. The highest BCUT2D eigenvalue weighted by Gasteiger charge is 2.38. The van der Waals surface area contributed by atoms with Crippen LogP contribution in [-0.2, 0) is 14.4 Å². The highest BCUT2D eigenvalue weighted by molar-refractivity contribution is 6.02. The number of carboxylic acids is 1. The molecule has 11 nitrogen and oxygen atoms in total. The van der Waals surface area contributed by atoms with Gasteiger partial charge >= 0.3 is 12.1 Å². The number of nitrogens with one attached hydrogen (secondary N) is 3. The van der Waals surface area contributed by atoms with E-state index in [2.05, 4.69) is 20.6 Å². The molecular weight excluding hydrogens is 470 g/mol. The number of H-pyrrole nitrogens is 1. The minimum atomic E-state index is -5.08. The molecule has 182 valence electrons. The van der Waals surface area contributed by atoms with E-state index in [1.165, 1.54) is 24.3 Å². The Bertz CT molecular complexity index is 1180. The van der Waals surface area contributed by atoms with Crippen molar-refractivity contribution in [3.8, 4) is 0 Å². The second-order valence-electron chi connectivity index (χ2n) is 6.53. The lowest BCUT2D eigenvalue weighted by molar-refractivity contribution is -0.192. The number of rotatable bonds is 5. The fraction of sp³-hybridized carbons (Fsp3) is 0.158. The second-order valence-corrected chi connectivity index (χ2v) is 6.53. The summed E-state index contributed by atoms with van der Waals surface area (Å²) in [5.41, 5.74) is 7.21. The summed E-state index contributed by atoms with van der Waals surface area (Å²) in [6.45, 7) is 0. The predicted molar refractivity (Wildman–Crippen MR) is 110 cm³/mol. The summed E-state index contributed by atoms with van der Waals surface area (Å²) in [6, 6.07) is 9.44. The number of halogens is 4. The molecule has 0 bridgehead atoms. The van der Waals surface area contributed by atoms with Crippen molar-refractivity contribution in [2.45, 2.75) is 18.4 Å². The number of nitrogen functional groups attached to an aromatic ring is 1. The van der Waals surface area contributed by atoms with Gasteiger partial charge in [-0.2, -0.15) is 13.2 Å². The lowest BCUT2D eigenvalue weighted by Crippen LogP contribution is -2.45. The van der Waals surface area contributed by atoms with Crippen molar-refractivity contribution in [2.24, 2.45) is 0 Å². The smallest absolute Gasteiger partial charge is 0.475 e. The molecule has 0 aliphatic rings. The maximum atomic E-state index is 12.9. The summed E-state index contributed by atoms with van der Waals surface area (Å²) in [7, 11) is 0. The van der Waals surface area contributed by atoms with Crippen LogP contribution >= 0.6 is 0 Å². The Morgan fingerprint density at radius 3 is 1.91 bits per heavy atom. The van der Waals surface area contributed by atoms with Gasteiger partial charge in [-0.15, -0.1) is 0 Å². The van der Waals surface area contributed by atoms with Crippen molar-refractivity contribution in [2.75, 3.05) is 16.4 Å². The highest BCUT2D eigenvalue weighted by Crippen LogP contribution is 2.18. The first kappa shape index (κ1) is 26.0. The molecular formula is C19H17F4N5O6. The van der Waals surface area contributed by atoms with Crippen LogP contribution in [0.2, 0.25) is 0 Å². The van der Waals surface area contributed by atoms with Gasteiger partial charge in [0.25, 0.3) is 11.8 Å². The van der Waals surface area contributed by atoms with E-state index in [1.807, 2.05) is 0 Å². The molecule has 34 heavy (non-hydrogen) atoms. The third kappa shape index (κ3) is 7.14. The Hall–Kier alpha value is -4.24. The third-order valence-electron chi connectivity index (χ3n) is 3.96. The lowest BCUT2D eigenvalue weighted by atomic mass is 10.1. The summed E-state index contributed by atoms with van der Waals surface area (Å²) in [4.78, 5) is 39.7. The summed E-state index contributed by atoms with van der Waals surface area (Å²) >= 11 is 0. The number of alkyl halides is 3. The third-order valence-corrected chi connectivity index (χ3v) is 3.96. The normalized spacial score (nSPS) is 12.8. The summed E-state index contributed by atoms with van der Waals surface area (Å²) in [5.74, 6) is -5.04. The molecule has 3 rings (SSSR count). The Morgan fingerprint density at radius 2 is 1.41 bits per heavy atom. The number of aromatic amines is 1. The van der Waals surface area contributed by atoms with E-state index in [9.17, 15) is 37.4 Å². The molecule has 1 aromatic heterocycles. The van der Waals surface area contributed by atoms with Crippen molar-refractivity contribution in [3.63, 3.8) is 0 Å². The maximum absolute atomic E-state index is 12.9. The largest absolute Gasteiger partial charge is 0.490 e. The van der Waals surface area contributed by atoms with Gasteiger partial charge in [0.2, 0.25) is 0 Å². The number of carbonyl (C=O) groups is 3. The quantitative estimate of drug-likeness (QED) is 0.261.